The molecule has 0 saturated heterocycles. The number of fused-ring (bicyclic) bond motifs is 1. The molecule has 0 spiro atoms. The lowest BCUT2D eigenvalue weighted by molar-refractivity contribution is 0.288. The lowest BCUT2D eigenvalue weighted by Crippen LogP contribution is -2.19. The highest BCUT2D eigenvalue weighted by molar-refractivity contribution is 5.85. The van der Waals surface area contributed by atoms with Gasteiger partial charge in [-0.25, -0.2) is 0 Å². The number of aryl methyl sites for hydroxylation is 2. The largest absolute Gasteiger partial charge is 0.494 e. The molecule has 0 unspecified atom stereocenters. The maximum atomic E-state index is 5.87. The Morgan fingerprint density at radius 3 is 2.86 bits per heavy atom. The van der Waals surface area contributed by atoms with Crippen LogP contribution in [0.5, 0.6) is 5.75 Å². The van der Waals surface area contributed by atoms with Gasteiger partial charge in [-0.2, -0.15) is 0 Å². The Kier molecular flexibility index (Phi) is 5.45. The molecule has 0 aliphatic rings. The van der Waals surface area contributed by atoms with Crippen LogP contribution in [-0.4, -0.2) is 36.6 Å². The van der Waals surface area contributed by atoms with E-state index < -0.39 is 0 Å². The number of nitrogens with zero attached hydrogens (tertiary/aromatic N) is 1. The minimum atomic E-state index is 0.774. The molecular formula is C18H26N2O. The fraction of sp³-hybridized carbons (Fsp3) is 0.444. The topological polar surface area (TPSA) is 28.3 Å². The zero-order valence-corrected chi connectivity index (χ0v) is 13.4. The van der Waals surface area contributed by atoms with Crippen LogP contribution >= 0.6 is 0 Å². The van der Waals surface area contributed by atoms with Gasteiger partial charge in [-0.15, -0.1) is 6.58 Å². The molecule has 0 atom stereocenters. The van der Waals surface area contributed by atoms with Crippen LogP contribution in [0, 0.1) is 13.8 Å². The molecule has 0 saturated carbocycles. The molecule has 0 aliphatic carbocycles. The molecule has 0 bridgehead atoms. The molecular weight excluding hydrogens is 260 g/mol. The summed E-state index contributed by atoms with van der Waals surface area (Å²) in [6, 6.07) is 6.28. The van der Waals surface area contributed by atoms with E-state index in [2.05, 4.69) is 49.5 Å². The summed E-state index contributed by atoms with van der Waals surface area (Å²) in [5.41, 5.74) is 3.72. The predicted molar refractivity (Wildman–Crippen MR) is 90.2 cm³/mol. The van der Waals surface area contributed by atoms with Gasteiger partial charge < -0.3 is 14.6 Å². The molecule has 3 heteroatoms. The number of hydrogen-bond donors (Lipinski definition) is 1. The molecule has 0 aliphatic heterocycles. The highest BCUT2D eigenvalue weighted by atomic mass is 16.5. The van der Waals surface area contributed by atoms with Crippen molar-refractivity contribution in [3.63, 3.8) is 0 Å². The summed E-state index contributed by atoms with van der Waals surface area (Å²) in [7, 11) is 2.12. The number of aromatic amines is 1. The third kappa shape index (κ3) is 4.11. The molecule has 21 heavy (non-hydrogen) atoms. The number of ether oxygens (including phenoxy) is 1. The molecule has 114 valence electrons. The number of benzene rings is 1. The number of unbranched alkanes of at least 4 members (excludes halogenated alkanes) is 1. The molecule has 1 N–H and O–H groups in total. The van der Waals surface area contributed by atoms with Crippen molar-refractivity contribution in [1.29, 1.82) is 0 Å². The number of aromatic nitrogens is 1. The third-order valence-electron chi connectivity index (χ3n) is 3.92. The van der Waals surface area contributed by atoms with Gasteiger partial charge in [-0.05, 0) is 64.0 Å². The van der Waals surface area contributed by atoms with Crippen molar-refractivity contribution in [2.75, 3.05) is 26.7 Å². The Balaban J connectivity index is 1.81. The van der Waals surface area contributed by atoms with Crippen LogP contribution in [0.15, 0.2) is 30.9 Å². The van der Waals surface area contributed by atoms with E-state index in [9.17, 15) is 0 Å². The fourth-order valence-electron chi connectivity index (χ4n) is 2.52. The van der Waals surface area contributed by atoms with Crippen LogP contribution in [0.25, 0.3) is 10.9 Å². The van der Waals surface area contributed by atoms with Crippen molar-refractivity contribution in [2.45, 2.75) is 26.7 Å². The van der Waals surface area contributed by atoms with Crippen LogP contribution in [0.4, 0.5) is 0 Å². The van der Waals surface area contributed by atoms with Gasteiger partial charge >= 0.3 is 0 Å². The van der Waals surface area contributed by atoms with Crippen molar-refractivity contribution < 1.29 is 4.74 Å². The molecule has 0 fully saturated rings. The van der Waals surface area contributed by atoms with E-state index in [4.69, 9.17) is 4.74 Å². The second-order valence-corrected chi connectivity index (χ2v) is 5.69. The van der Waals surface area contributed by atoms with Gasteiger partial charge in [-0.3, -0.25) is 0 Å². The van der Waals surface area contributed by atoms with Crippen LogP contribution in [-0.2, 0) is 0 Å². The lowest BCUT2D eigenvalue weighted by atomic mass is 10.1. The molecule has 1 heterocycles. The minimum Gasteiger partial charge on any atom is -0.494 e. The van der Waals surface area contributed by atoms with E-state index in [0.29, 0.717) is 0 Å². The Hall–Kier alpha value is -1.74. The number of likely N-dealkylation sites (N-methyl/N-ethyl adjacent to an activating group) is 1. The maximum Gasteiger partial charge on any atom is 0.120 e. The third-order valence-corrected chi connectivity index (χ3v) is 3.92. The summed E-state index contributed by atoms with van der Waals surface area (Å²) in [6.07, 6.45) is 4.16. The highest BCUT2D eigenvalue weighted by Gasteiger charge is 2.05. The van der Waals surface area contributed by atoms with Crippen molar-refractivity contribution in [3.05, 3.63) is 42.1 Å². The molecule has 0 amide bonds. The Morgan fingerprint density at radius 2 is 2.10 bits per heavy atom. The summed E-state index contributed by atoms with van der Waals surface area (Å²) >= 11 is 0. The lowest BCUT2D eigenvalue weighted by Gasteiger charge is -2.13. The van der Waals surface area contributed by atoms with E-state index >= 15 is 0 Å². The molecule has 0 radical (unpaired) electrons. The Morgan fingerprint density at radius 1 is 1.29 bits per heavy atom. The first-order chi connectivity index (χ1) is 10.1. The summed E-state index contributed by atoms with van der Waals surface area (Å²) in [4.78, 5) is 5.65. The number of nitrogens with one attached hydrogen (secondary N) is 1. The zero-order valence-electron chi connectivity index (χ0n) is 13.4. The number of rotatable bonds is 8. The van der Waals surface area contributed by atoms with E-state index in [1.54, 1.807) is 0 Å². The van der Waals surface area contributed by atoms with E-state index in [0.717, 1.165) is 38.3 Å². The standard InChI is InChI=1S/C18H26N2O/c1-5-10-20(4)11-6-7-12-21-16-8-9-18-17(13-16)14(2)15(3)19-18/h5,8-9,13,19H,1,6-7,10-12H2,2-4H3. The molecule has 2 aromatic rings. The van der Waals surface area contributed by atoms with Crippen LogP contribution in [0.3, 0.4) is 0 Å². The first-order valence-electron chi connectivity index (χ1n) is 7.63. The summed E-state index contributed by atoms with van der Waals surface area (Å²) < 4.78 is 5.87. The quantitative estimate of drug-likeness (QED) is 0.585. The van der Waals surface area contributed by atoms with Gasteiger partial charge in [0.05, 0.1) is 6.61 Å². The summed E-state index contributed by atoms with van der Waals surface area (Å²) in [5, 5.41) is 1.26. The fourth-order valence-corrected chi connectivity index (χ4v) is 2.52. The first kappa shape index (κ1) is 15.6. The average Bonchev–Trinajstić information content (AvgIpc) is 2.74. The second kappa shape index (κ2) is 7.32. The Bertz CT molecular complexity index is 601. The van der Waals surface area contributed by atoms with Gasteiger partial charge in [0.1, 0.15) is 5.75 Å². The van der Waals surface area contributed by atoms with Crippen molar-refractivity contribution in [1.82, 2.24) is 9.88 Å². The van der Waals surface area contributed by atoms with Crippen LogP contribution in [0.1, 0.15) is 24.1 Å². The summed E-state index contributed by atoms with van der Waals surface area (Å²) in [6.45, 7) is 10.8. The molecule has 3 nitrogen and oxygen atoms in total. The molecule has 2 rings (SSSR count). The van der Waals surface area contributed by atoms with E-state index in [-0.39, 0.29) is 0 Å². The normalized spacial score (nSPS) is 11.2. The average molecular weight is 286 g/mol. The van der Waals surface area contributed by atoms with Crippen molar-refractivity contribution in [3.8, 4) is 5.75 Å². The van der Waals surface area contributed by atoms with Crippen LogP contribution < -0.4 is 4.74 Å². The SMILES string of the molecule is C=CCN(C)CCCCOc1ccc2[nH]c(C)c(C)c2c1. The highest BCUT2D eigenvalue weighted by Crippen LogP contribution is 2.25. The second-order valence-electron chi connectivity index (χ2n) is 5.69. The van der Waals surface area contributed by atoms with Gasteiger partial charge in [0.15, 0.2) is 0 Å². The van der Waals surface area contributed by atoms with Gasteiger partial charge in [0, 0.05) is 23.1 Å². The first-order valence-corrected chi connectivity index (χ1v) is 7.63. The van der Waals surface area contributed by atoms with Crippen molar-refractivity contribution in [2.24, 2.45) is 0 Å². The summed E-state index contributed by atoms with van der Waals surface area (Å²) in [5.74, 6) is 0.962. The van der Waals surface area contributed by atoms with Gasteiger partial charge in [-0.1, -0.05) is 6.08 Å². The monoisotopic (exact) mass is 286 g/mol. The molecule has 1 aromatic carbocycles. The van der Waals surface area contributed by atoms with Gasteiger partial charge in [0.2, 0.25) is 0 Å². The molecule has 1 aromatic heterocycles. The zero-order chi connectivity index (χ0) is 15.2. The number of hydrogen-bond acceptors (Lipinski definition) is 2. The Labute approximate surface area is 127 Å². The number of H-pyrrole nitrogens is 1. The maximum absolute atomic E-state index is 5.87. The van der Waals surface area contributed by atoms with Crippen molar-refractivity contribution >= 4 is 10.9 Å². The van der Waals surface area contributed by atoms with Crippen LogP contribution in [0.2, 0.25) is 0 Å². The predicted octanol–water partition coefficient (Wildman–Crippen LogP) is 4.06. The van der Waals surface area contributed by atoms with E-state index in [1.165, 1.54) is 22.2 Å². The van der Waals surface area contributed by atoms with Gasteiger partial charge in [0.25, 0.3) is 0 Å². The minimum absolute atomic E-state index is 0.774. The van der Waals surface area contributed by atoms with E-state index in [1.807, 2.05) is 12.1 Å². The smallest absolute Gasteiger partial charge is 0.120 e.